The van der Waals surface area contributed by atoms with Crippen LogP contribution in [0.3, 0.4) is 0 Å². The van der Waals surface area contributed by atoms with Crippen molar-refractivity contribution in [2.75, 3.05) is 26.4 Å². The number of nitrogens with one attached hydrogen (secondary N) is 2. The molecule has 0 bridgehead atoms. The number of nitrogens with zero attached hydrogens (tertiary/aromatic N) is 10. The first-order valence-corrected chi connectivity index (χ1v) is 29.3. The van der Waals surface area contributed by atoms with Crippen LogP contribution in [-0.2, 0) is 37.6 Å². The van der Waals surface area contributed by atoms with Gasteiger partial charge in [0.05, 0.1) is 48.2 Å². The number of aromatic amines is 2. The minimum absolute atomic E-state index is 0. The van der Waals surface area contributed by atoms with E-state index in [4.69, 9.17) is 43.1 Å². The summed E-state index contributed by atoms with van der Waals surface area (Å²) in [5.41, 5.74) is -1.66. The van der Waals surface area contributed by atoms with E-state index < -0.39 is 89.5 Å². The first kappa shape index (κ1) is 96.5. The number of halogens is 16. The van der Waals surface area contributed by atoms with Crippen LogP contribution in [0.4, 0.5) is 57.1 Å². The molecular weight excluding hydrogens is 1810 g/mol. The summed E-state index contributed by atoms with van der Waals surface area (Å²) in [5.74, 6) is 0. The molecule has 9 rings (SSSR count). The number of ether oxygens (including phenoxy) is 3. The third kappa shape index (κ3) is 37.8. The Morgan fingerprint density at radius 2 is 0.798 bits per heavy atom. The van der Waals surface area contributed by atoms with Gasteiger partial charge in [0, 0.05) is 72.7 Å². The number of rotatable bonds is 10. The van der Waals surface area contributed by atoms with Crippen molar-refractivity contribution in [1.29, 1.82) is 0 Å². The standard InChI is InChI=1S/C12H24B2O4.C12H16BF3N2O3.C10H7F3N4O2.C6H4BrF3N2O.C4H2BrFN2.C4H3BrN2O.C2H3F3O.CH2O3.2Cs.H/c1-9(2)10(3,4)16-13(15-9)14-17-11(5,6)12(7,8)18-14;1-10(2)11(3,4)21-13(20-10)8-5-17-9(18-6-8)19-7-12(14,15)16;11-10(12,13)5-19-9-14-3-6(4-15-9)7-1-2-8(18)17-16-7;7-4-1-11-5(12-2-4)13-3-6(8,9)10;5-3-1-7-4(6)8-2-3;5-3-1-2-4(8)7-6-3;3-2(4,5)1-6;2-1-4-3;;;/h1-8H3;5-6H,7H2,1-4H3;1-4H,5H2,(H,17,18);1-2H,3H2;1-2H;1-2H,(H,7,8);6H,1H2;1,3H;;;/q;;;;;;;;2*+1;-1/p-1. The maximum atomic E-state index is 12.0. The van der Waals surface area contributed by atoms with Gasteiger partial charge in [-0.1, -0.05) is 0 Å². The number of carbonyl (C=O) groups excluding carboxylic acids is 1. The van der Waals surface area contributed by atoms with Gasteiger partial charge in [0.1, 0.15) is 11.2 Å². The molecule has 538 valence electrons. The predicted molar refractivity (Wildman–Crippen MR) is 324 cm³/mol. The molecule has 6 aromatic heterocycles. The summed E-state index contributed by atoms with van der Waals surface area (Å²) in [6, 6.07) is 4.67. The molecule has 6 aromatic rings. The van der Waals surface area contributed by atoms with Crippen molar-refractivity contribution in [3.63, 3.8) is 0 Å². The van der Waals surface area contributed by atoms with E-state index in [1.165, 1.54) is 67.8 Å². The molecule has 3 aliphatic rings. The zero-order valence-electron chi connectivity index (χ0n) is 55.7. The van der Waals surface area contributed by atoms with Gasteiger partial charge in [-0.25, -0.2) is 50.1 Å². The Morgan fingerprint density at radius 1 is 0.505 bits per heavy atom. The number of hydrogen-bond donors (Lipinski definition) is 3. The maximum Gasteiger partial charge on any atom is 1.00 e. The summed E-state index contributed by atoms with van der Waals surface area (Å²) in [5, 5.41) is 27.5. The molecule has 0 atom stereocenters. The van der Waals surface area contributed by atoms with Crippen LogP contribution < -0.4 is 174 Å². The number of hydrogen-bond acceptors (Lipinski definition) is 25. The Balaban J connectivity index is 0. The fraction of sp³-hybridized carbons (Fsp3) is 0.510. The summed E-state index contributed by atoms with van der Waals surface area (Å²) in [4.78, 5) is 60.5. The third-order valence-electron chi connectivity index (χ3n) is 12.7. The Kier molecular flexibility index (Phi) is 41.5. The number of alkyl halides is 12. The van der Waals surface area contributed by atoms with Crippen LogP contribution in [-0.4, -0.2) is 178 Å². The van der Waals surface area contributed by atoms with Gasteiger partial charge in [0.2, 0.25) is 0 Å². The van der Waals surface area contributed by atoms with Crippen molar-refractivity contribution < 1.29 is 258 Å². The number of aromatic nitrogens is 12. The first-order chi connectivity index (χ1) is 44.3. The Hall–Kier alpha value is -2.54. The largest absolute Gasteiger partial charge is 1.00 e. The molecule has 27 nitrogen and oxygen atoms in total. The summed E-state index contributed by atoms with van der Waals surface area (Å²) in [6.45, 7) is 17.6. The van der Waals surface area contributed by atoms with Gasteiger partial charge < -0.3 is 58.8 Å². The van der Waals surface area contributed by atoms with E-state index in [1.54, 1.807) is 6.07 Å². The quantitative estimate of drug-likeness (QED) is 0.0442. The molecule has 9 heterocycles. The molecule has 3 aliphatic heterocycles. The van der Waals surface area contributed by atoms with Gasteiger partial charge in [0.15, 0.2) is 19.8 Å². The summed E-state index contributed by atoms with van der Waals surface area (Å²) < 4.78 is 200. The maximum absolute atomic E-state index is 12.0. The van der Waals surface area contributed by atoms with Crippen LogP contribution in [0.2, 0.25) is 0 Å². The van der Waals surface area contributed by atoms with Gasteiger partial charge in [-0.15, -0.1) is 0 Å². The molecule has 3 saturated heterocycles. The predicted octanol–water partition coefficient (Wildman–Crippen LogP) is 2.32. The van der Waals surface area contributed by atoms with E-state index in [1.807, 2.05) is 83.1 Å². The van der Waals surface area contributed by atoms with Gasteiger partial charge in [-0.2, -0.15) is 67.3 Å². The van der Waals surface area contributed by atoms with Gasteiger partial charge in [0.25, 0.3) is 17.6 Å². The van der Waals surface area contributed by atoms with E-state index >= 15 is 0 Å². The number of H-pyrrole nitrogens is 2. The monoisotopic (exact) mass is 1860 g/mol. The number of carbonyl (C=O) groups is 1. The van der Waals surface area contributed by atoms with E-state index in [9.17, 15) is 66.7 Å². The third-order valence-corrected chi connectivity index (χ3v) is 13.9. The minimum Gasteiger partial charge on any atom is -1.00 e. The number of aliphatic hydroxyl groups is 1. The minimum atomic E-state index is -4.44. The van der Waals surface area contributed by atoms with Crippen LogP contribution in [0, 0.1) is 6.08 Å². The summed E-state index contributed by atoms with van der Waals surface area (Å²) in [6.07, 6.45) is -7.86. The van der Waals surface area contributed by atoms with E-state index in [0.717, 1.165) is 0 Å². The van der Waals surface area contributed by atoms with Crippen LogP contribution in [0.1, 0.15) is 84.5 Å². The molecule has 0 aromatic carbocycles. The van der Waals surface area contributed by atoms with Crippen molar-refractivity contribution in [3.8, 4) is 29.3 Å². The van der Waals surface area contributed by atoms with Gasteiger partial charge in [-0.3, -0.25) is 14.4 Å². The molecule has 3 fully saturated rings. The molecule has 99 heavy (non-hydrogen) atoms. The Morgan fingerprint density at radius 3 is 1.06 bits per heavy atom. The van der Waals surface area contributed by atoms with Crippen LogP contribution in [0.5, 0.6) is 18.0 Å². The molecular formula is C51H61B3Br3Cs2F13N12O15. The van der Waals surface area contributed by atoms with Crippen molar-refractivity contribution in [3.05, 3.63) is 114 Å². The van der Waals surface area contributed by atoms with Crippen molar-refractivity contribution in [1.82, 2.24) is 60.3 Å². The zero-order chi connectivity index (χ0) is 74.2. The second-order valence-electron chi connectivity index (χ2n) is 22.0. The summed E-state index contributed by atoms with van der Waals surface area (Å²) in [7, 11) is -1.61. The SMILES string of the molecule is CC1(C)OB(B2OC(C)(C)C(C)(C)O2)OC1(C)C.CC1(C)OB(c2cnc(OCC(F)(F)F)nc2)OC1(C)C.FC(F)(F)COc1ncc(Br)cn1.Fc1ncc(Br)cn1.O=CO[O-].O=c1ccc(-c2cnc(OCC(F)(F)F)nc2)n[nH]1.O=c1ccc(Br)n[nH]1.OCC(F)(F)F.[Cs+].[Cs+].[H-]. The zero-order valence-corrected chi connectivity index (χ0v) is 72.1. The fourth-order valence-corrected chi connectivity index (χ4v) is 6.60. The topological polar surface area (TPSA) is 347 Å². The second kappa shape index (κ2) is 42.6. The first-order valence-electron chi connectivity index (χ1n) is 26.9. The van der Waals surface area contributed by atoms with Crippen LogP contribution >= 0.6 is 47.8 Å². The van der Waals surface area contributed by atoms with Gasteiger partial charge >= 0.3 is 208 Å². The Labute approximate surface area is 701 Å². The van der Waals surface area contributed by atoms with Crippen LogP contribution in [0.25, 0.3) is 11.3 Å². The average molecular weight is 1870 g/mol. The molecule has 3 N–H and O–H groups in total. The molecule has 0 radical (unpaired) electrons. The molecule has 0 saturated carbocycles. The number of aliphatic hydroxyl groups excluding tert-OH is 1. The molecule has 0 amide bonds. The summed E-state index contributed by atoms with van der Waals surface area (Å²) >= 11 is 9.15. The smallest absolute Gasteiger partial charge is 1.00 e. The van der Waals surface area contributed by atoms with Crippen molar-refractivity contribution in [2.45, 2.75) is 141 Å². The molecule has 0 unspecified atom stereocenters. The second-order valence-corrected chi connectivity index (χ2v) is 24.6. The van der Waals surface area contributed by atoms with E-state index in [2.05, 4.69) is 127 Å². The Bertz CT molecular complexity index is 3330. The normalized spacial score (nSPS) is 16.3. The molecule has 0 spiro atoms. The van der Waals surface area contributed by atoms with Crippen molar-refractivity contribution in [2.24, 2.45) is 0 Å². The van der Waals surface area contributed by atoms with Gasteiger partial charge in [-0.05, 0) is 143 Å². The fourth-order valence-electron chi connectivity index (χ4n) is 5.97. The molecule has 48 heteroatoms. The van der Waals surface area contributed by atoms with Crippen molar-refractivity contribution >= 4 is 80.9 Å². The van der Waals surface area contributed by atoms with Crippen LogP contribution in [0.15, 0.2) is 97.0 Å². The van der Waals surface area contributed by atoms with E-state index in [0.29, 0.717) is 30.3 Å². The molecule has 0 aliphatic carbocycles. The average Bonchev–Trinajstić information content (AvgIpc) is 1.61. The van der Waals surface area contributed by atoms with E-state index in [-0.39, 0.29) is 197 Å².